The first-order valence-corrected chi connectivity index (χ1v) is 7.75. The van der Waals surface area contributed by atoms with E-state index in [1.807, 2.05) is 6.92 Å². The number of nitrogens with zero attached hydrogens (tertiary/aromatic N) is 1. The second-order valence-corrected chi connectivity index (χ2v) is 5.29. The number of halogens is 5. The third kappa shape index (κ3) is 5.44. The Bertz CT molecular complexity index is 748. The van der Waals surface area contributed by atoms with Crippen LogP contribution in [0.15, 0.2) is 48.9 Å². The van der Waals surface area contributed by atoms with Gasteiger partial charge in [0, 0.05) is 18.3 Å². The van der Waals surface area contributed by atoms with E-state index in [2.05, 4.69) is 14.5 Å². The zero-order valence-electron chi connectivity index (χ0n) is 13.8. The maximum absolute atomic E-state index is 14.2. The van der Waals surface area contributed by atoms with Crippen LogP contribution >= 0.6 is 0 Å². The van der Waals surface area contributed by atoms with Crippen molar-refractivity contribution in [2.45, 2.75) is 32.3 Å². The minimum Gasteiger partial charge on any atom is -0.462 e. The summed E-state index contributed by atoms with van der Waals surface area (Å²) >= 11 is 0. The zero-order valence-corrected chi connectivity index (χ0v) is 13.8. The fourth-order valence-corrected chi connectivity index (χ4v) is 2.05. The van der Waals surface area contributed by atoms with Crippen LogP contribution in [0.3, 0.4) is 0 Å². The van der Waals surface area contributed by atoms with Crippen molar-refractivity contribution in [2.24, 2.45) is 0 Å². The molecule has 2 aromatic rings. The summed E-state index contributed by atoms with van der Waals surface area (Å²) in [5, 5.41) is 0. The van der Waals surface area contributed by atoms with E-state index in [0.29, 0.717) is 24.8 Å². The summed E-state index contributed by atoms with van der Waals surface area (Å²) in [6, 6.07) is 5.37. The summed E-state index contributed by atoms with van der Waals surface area (Å²) in [5.41, 5.74) is 0.203. The smallest absolute Gasteiger partial charge is 0.444 e. The van der Waals surface area contributed by atoms with Gasteiger partial charge in [0.2, 0.25) is 0 Å². The van der Waals surface area contributed by atoms with Crippen molar-refractivity contribution in [2.75, 3.05) is 0 Å². The molecule has 0 saturated heterocycles. The molecule has 0 N–H and O–H groups in total. The molecule has 0 amide bonds. The average molecular weight is 373 g/mol. The topological polar surface area (TPSA) is 31.4 Å². The summed E-state index contributed by atoms with van der Waals surface area (Å²) in [7, 11) is 0. The number of pyridine rings is 1. The van der Waals surface area contributed by atoms with E-state index in [1.54, 1.807) is 0 Å². The largest absolute Gasteiger partial charge is 0.462 e. The highest BCUT2D eigenvalue weighted by Gasteiger charge is 2.36. The van der Waals surface area contributed by atoms with Crippen molar-refractivity contribution in [3.8, 4) is 11.5 Å². The van der Waals surface area contributed by atoms with Gasteiger partial charge in [0.25, 0.3) is 6.43 Å². The number of hydrogen-bond acceptors (Lipinski definition) is 3. The van der Waals surface area contributed by atoms with Crippen LogP contribution in [0.4, 0.5) is 22.0 Å². The number of rotatable bonds is 8. The van der Waals surface area contributed by atoms with Crippen molar-refractivity contribution in [3.05, 3.63) is 65.9 Å². The maximum Gasteiger partial charge on any atom is 0.444 e. The molecule has 0 unspecified atom stereocenters. The third-order valence-electron chi connectivity index (χ3n) is 3.23. The van der Waals surface area contributed by atoms with Gasteiger partial charge in [0.1, 0.15) is 5.75 Å². The zero-order chi connectivity index (χ0) is 19.2. The van der Waals surface area contributed by atoms with Gasteiger partial charge in [-0.15, -0.1) is 0 Å². The predicted molar refractivity (Wildman–Crippen MR) is 84.9 cm³/mol. The molecule has 26 heavy (non-hydrogen) atoms. The van der Waals surface area contributed by atoms with Crippen molar-refractivity contribution in [1.29, 1.82) is 0 Å². The fourth-order valence-electron chi connectivity index (χ4n) is 2.05. The van der Waals surface area contributed by atoms with Gasteiger partial charge in [0.05, 0.1) is 6.26 Å². The number of aromatic nitrogens is 1. The van der Waals surface area contributed by atoms with E-state index in [4.69, 9.17) is 0 Å². The molecule has 0 fully saturated rings. The number of alkyl halides is 4. The first-order valence-electron chi connectivity index (χ1n) is 7.75. The first kappa shape index (κ1) is 19.7. The van der Waals surface area contributed by atoms with E-state index >= 15 is 0 Å². The number of ether oxygens (including phenoxy) is 2. The van der Waals surface area contributed by atoms with Crippen LogP contribution in [0.1, 0.15) is 24.6 Å². The molecule has 0 saturated carbocycles. The van der Waals surface area contributed by atoms with Crippen molar-refractivity contribution < 1.29 is 31.4 Å². The molecule has 0 aliphatic rings. The number of benzene rings is 1. The average Bonchev–Trinajstić information content (AvgIpc) is 2.57. The van der Waals surface area contributed by atoms with Crippen LogP contribution in [-0.4, -0.2) is 11.4 Å². The van der Waals surface area contributed by atoms with Gasteiger partial charge in [-0.1, -0.05) is 19.4 Å². The van der Waals surface area contributed by atoms with Crippen molar-refractivity contribution in [1.82, 2.24) is 4.98 Å². The predicted octanol–water partition coefficient (Wildman–Crippen LogP) is 5.46. The quantitative estimate of drug-likeness (QED) is 0.455. The Morgan fingerprint density at radius 3 is 2.54 bits per heavy atom. The van der Waals surface area contributed by atoms with E-state index in [0.717, 1.165) is 30.2 Å². The summed E-state index contributed by atoms with van der Waals surface area (Å²) < 4.78 is 75.2. The lowest BCUT2D eigenvalue weighted by Crippen LogP contribution is -2.23. The molecule has 1 aromatic carbocycles. The molecule has 1 heterocycles. The van der Waals surface area contributed by atoms with Crippen LogP contribution in [0.5, 0.6) is 11.5 Å². The summed E-state index contributed by atoms with van der Waals surface area (Å²) in [5.74, 6) is -1.90. The molecule has 140 valence electrons. The van der Waals surface area contributed by atoms with Gasteiger partial charge in [-0.2, -0.15) is 8.78 Å². The van der Waals surface area contributed by atoms with E-state index in [1.165, 1.54) is 12.3 Å². The van der Waals surface area contributed by atoms with Crippen LogP contribution < -0.4 is 9.47 Å². The van der Waals surface area contributed by atoms with E-state index < -0.39 is 35.5 Å². The molecular weight excluding hydrogens is 357 g/mol. The number of aryl methyl sites for hydroxylation is 1. The normalized spacial score (nSPS) is 12.0. The fraction of sp³-hybridized carbons (Fsp3) is 0.278. The minimum atomic E-state index is -3.77. The monoisotopic (exact) mass is 373 g/mol. The molecular formula is C18H16F5NO2. The first-order chi connectivity index (χ1) is 12.3. The number of hydrogen-bond donors (Lipinski definition) is 0. The Hall–Kier alpha value is -2.64. The molecule has 0 spiro atoms. The summed E-state index contributed by atoms with van der Waals surface area (Å²) in [6.07, 6.45) is -2.60. The lowest BCUT2D eigenvalue weighted by Gasteiger charge is -2.18. The van der Waals surface area contributed by atoms with Gasteiger partial charge in [-0.25, -0.2) is 13.2 Å². The molecule has 0 bridgehead atoms. The molecule has 0 radical (unpaired) electrons. The van der Waals surface area contributed by atoms with E-state index in [-0.39, 0.29) is 0 Å². The SMILES string of the molecule is CCCc1ccc(C(F)(F)Oc2ccc(OC=CC(F)F)c(F)c2)nc1. The molecule has 0 aliphatic heterocycles. The molecule has 2 rings (SSSR count). The van der Waals surface area contributed by atoms with Crippen molar-refractivity contribution >= 4 is 0 Å². The second kappa shape index (κ2) is 8.64. The second-order valence-electron chi connectivity index (χ2n) is 5.29. The van der Waals surface area contributed by atoms with Crippen LogP contribution in [0, 0.1) is 5.82 Å². The van der Waals surface area contributed by atoms with Crippen LogP contribution in [0.2, 0.25) is 0 Å². The van der Waals surface area contributed by atoms with Gasteiger partial charge in [0.15, 0.2) is 17.3 Å². The highest BCUT2D eigenvalue weighted by atomic mass is 19.3. The summed E-state index contributed by atoms with van der Waals surface area (Å²) in [6.45, 7) is 1.96. The van der Waals surface area contributed by atoms with Gasteiger partial charge < -0.3 is 9.47 Å². The summed E-state index contributed by atoms with van der Waals surface area (Å²) in [4.78, 5) is 3.69. The molecule has 1 aromatic heterocycles. The standard InChI is InChI=1S/C18H16F5NO2/c1-2-3-12-4-7-16(24-11-12)18(22,23)26-13-5-6-15(14(19)10-13)25-9-8-17(20)21/h4-11,17H,2-3H2,1H3. The minimum absolute atomic E-state index is 0.403. The van der Waals surface area contributed by atoms with Gasteiger partial charge in [-0.3, -0.25) is 4.98 Å². The Balaban J connectivity index is 2.09. The number of allylic oxidation sites excluding steroid dienone is 1. The Morgan fingerprint density at radius 2 is 1.96 bits per heavy atom. The van der Waals surface area contributed by atoms with Gasteiger partial charge in [-0.05, 0) is 30.2 Å². The van der Waals surface area contributed by atoms with E-state index in [9.17, 15) is 22.0 Å². The lowest BCUT2D eigenvalue weighted by molar-refractivity contribution is -0.188. The molecule has 0 atom stereocenters. The van der Waals surface area contributed by atoms with Crippen LogP contribution in [-0.2, 0) is 12.5 Å². The highest BCUT2D eigenvalue weighted by molar-refractivity contribution is 5.34. The Morgan fingerprint density at radius 1 is 1.19 bits per heavy atom. The third-order valence-corrected chi connectivity index (χ3v) is 3.23. The Kier molecular flexibility index (Phi) is 6.54. The molecule has 8 heteroatoms. The molecule has 3 nitrogen and oxygen atoms in total. The Labute approximate surface area is 147 Å². The highest BCUT2D eigenvalue weighted by Crippen LogP contribution is 2.32. The van der Waals surface area contributed by atoms with Crippen molar-refractivity contribution in [3.63, 3.8) is 0 Å². The van der Waals surface area contributed by atoms with Crippen LogP contribution in [0.25, 0.3) is 0 Å². The lowest BCUT2D eigenvalue weighted by atomic mass is 10.1. The maximum atomic E-state index is 14.2. The molecule has 0 aliphatic carbocycles. The van der Waals surface area contributed by atoms with Gasteiger partial charge >= 0.3 is 6.11 Å².